The fourth-order valence-electron chi connectivity index (χ4n) is 2.00. The Bertz CT molecular complexity index is 368. The Kier molecular flexibility index (Phi) is 6.66. The van der Waals surface area contributed by atoms with Crippen LogP contribution in [-0.2, 0) is 0 Å². The minimum atomic E-state index is -0.332. The first-order valence-electron chi connectivity index (χ1n) is 6.77. The molecule has 0 aliphatic rings. The van der Waals surface area contributed by atoms with Crippen LogP contribution in [0.3, 0.4) is 0 Å². The van der Waals surface area contributed by atoms with Crippen molar-refractivity contribution in [2.75, 3.05) is 6.54 Å². The predicted molar refractivity (Wildman–Crippen MR) is 76.5 cm³/mol. The zero-order chi connectivity index (χ0) is 13.5. The van der Waals surface area contributed by atoms with Crippen LogP contribution >= 0.6 is 11.6 Å². The lowest BCUT2D eigenvalue weighted by Gasteiger charge is -2.23. The largest absolute Gasteiger partial charge is 0.310 e. The van der Waals surface area contributed by atoms with Gasteiger partial charge in [-0.3, -0.25) is 0 Å². The van der Waals surface area contributed by atoms with Crippen molar-refractivity contribution in [3.8, 4) is 0 Å². The Balaban J connectivity index is 2.90. The average Bonchev–Trinajstić information content (AvgIpc) is 2.37. The van der Waals surface area contributed by atoms with Gasteiger partial charge >= 0.3 is 0 Å². The molecule has 0 aromatic heterocycles. The fourth-order valence-corrected chi connectivity index (χ4v) is 2.26. The first-order chi connectivity index (χ1) is 8.60. The quantitative estimate of drug-likeness (QED) is 0.739. The zero-order valence-corrected chi connectivity index (χ0v) is 12.2. The third-order valence-electron chi connectivity index (χ3n) is 3.33. The predicted octanol–water partition coefficient (Wildman–Crippen LogP) is 4.96. The fraction of sp³-hybridized carbons (Fsp3) is 0.600. The molecule has 0 aliphatic carbocycles. The number of nitrogens with one attached hydrogen (secondary N) is 1. The van der Waals surface area contributed by atoms with Crippen LogP contribution < -0.4 is 5.32 Å². The first-order valence-corrected chi connectivity index (χ1v) is 7.15. The molecule has 2 atom stereocenters. The van der Waals surface area contributed by atoms with E-state index >= 15 is 0 Å². The first kappa shape index (κ1) is 15.5. The van der Waals surface area contributed by atoms with Crippen molar-refractivity contribution in [3.05, 3.63) is 34.6 Å². The van der Waals surface area contributed by atoms with E-state index in [9.17, 15) is 4.39 Å². The zero-order valence-electron chi connectivity index (χ0n) is 11.5. The molecule has 3 heteroatoms. The molecule has 0 radical (unpaired) electrons. The molecule has 18 heavy (non-hydrogen) atoms. The van der Waals surface area contributed by atoms with Crippen LogP contribution in [0.15, 0.2) is 18.2 Å². The summed E-state index contributed by atoms with van der Waals surface area (Å²) < 4.78 is 13.5. The molecule has 0 heterocycles. The highest BCUT2D eigenvalue weighted by Crippen LogP contribution is 2.30. The van der Waals surface area contributed by atoms with Gasteiger partial charge in [0.25, 0.3) is 0 Å². The minimum Gasteiger partial charge on any atom is -0.310 e. The van der Waals surface area contributed by atoms with Crippen molar-refractivity contribution in [2.24, 2.45) is 5.92 Å². The standard InChI is InChI=1S/C15H23ClFN/c1-4-9-18-14(10-11(3)5-2)12-7-6-8-13(17)15(12)16/h6-8,11,14,18H,4-5,9-10H2,1-3H3. The molecule has 1 nitrogen and oxygen atoms in total. The second kappa shape index (κ2) is 7.75. The van der Waals surface area contributed by atoms with Crippen molar-refractivity contribution in [1.29, 1.82) is 0 Å². The van der Waals surface area contributed by atoms with E-state index in [0.717, 1.165) is 31.4 Å². The molecule has 0 saturated carbocycles. The summed E-state index contributed by atoms with van der Waals surface area (Å²) in [6, 6.07) is 5.20. The van der Waals surface area contributed by atoms with Crippen LogP contribution in [0.5, 0.6) is 0 Å². The third-order valence-corrected chi connectivity index (χ3v) is 3.73. The summed E-state index contributed by atoms with van der Waals surface area (Å²) in [4.78, 5) is 0. The minimum absolute atomic E-state index is 0.142. The highest BCUT2D eigenvalue weighted by Gasteiger charge is 2.18. The number of rotatable bonds is 7. The summed E-state index contributed by atoms with van der Waals surface area (Å²) in [6.45, 7) is 7.44. The molecule has 0 bridgehead atoms. The van der Waals surface area contributed by atoms with E-state index in [0.29, 0.717) is 5.92 Å². The van der Waals surface area contributed by atoms with Crippen molar-refractivity contribution in [1.82, 2.24) is 5.32 Å². The van der Waals surface area contributed by atoms with E-state index in [2.05, 4.69) is 26.1 Å². The molecule has 0 saturated heterocycles. The smallest absolute Gasteiger partial charge is 0.142 e. The van der Waals surface area contributed by atoms with Gasteiger partial charge < -0.3 is 5.32 Å². The van der Waals surface area contributed by atoms with Gasteiger partial charge in [-0.25, -0.2) is 4.39 Å². The van der Waals surface area contributed by atoms with Crippen LogP contribution in [0.1, 0.15) is 51.6 Å². The summed E-state index contributed by atoms with van der Waals surface area (Å²) in [6.07, 6.45) is 3.17. The van der Waals surface area contributed by atoms with Crippen molar-refractivity contribution >= 4 is 11.6 Å². The van der Waals surface area contributed by atoms with Gasteiger partial charge in [0.05, 0.1) is 5.02 Å². The molecule has 1 N–H and O–H groups in total. The average molecular weight is 272 g/mol. The van der Waals surface area contributed by atoms with Crippen molar-refractivity contribution in [2.45, 2.75) is 46.1 Å². The summed E-state index contributed by atoms with van der Waals surface area (Å²) in [5.74, 6) is 0.264. The van der Waals surface area contributed by atoms with Gasteiger partial charge in [-0.05, 0) is 36.9 Å². The Morgan fingerprint density at radius 2 is 2.06 bits per heavy atom. The maximum atomic E-state index is 13.5. The lowest BCUT2D eigenvalue weighted by molar-refractivity contribution is 0.401. The van der Waals surface area contributed by atoms with Crippen LogP contribution in [0, 0.1) is 11.7 Å². The summed E-state index contributed by atoms with van der Waals surface area (Å²) in [5, 5.41) is 3.73. The summed E-state index contributed by atoms with van der Waals surface area (Å²) in [7, 11) is 0. The van der Waals surface area contributed by atoms with Gasteiger partial charge in [0.1, 0.15) is 5.82 Å². The van der Waals surface area contributed by atoms with Crippen LogP contribution in [0.25, 0.3) is 0 Å². The topological polar surface area (TPSA) is 12.0 Å². The highest BCUT2D eigenvalue weighted by atomic mass is 35.5. The van der Waals surface area contributed by atoms with E-state index in [1.54, 1.807) is 6.07 Å². The van der Waals surface area contributed by atoms with Gasteiger partial charge in [-0.1, -0.05) is 50.9 Å². The molecule has 1 aromatic carbocycles. The maximum absolute atomic E-state index is 13.5. The molecular formula is C15H23ClFN. The van der Waals surface area contributed by atoms with E-state index in [1.807, 2.05) is 6.07 Å². The molecule has 2 unspecified atom stereocenters. The monoisotopic (exact) mass is 271 g/mol. The highest BCUT2D eigenvalue weighted by molar-refractivity contribution is 6.31. The van der Waals surface area contributed by atoms with Gasteiger partial charge in [0.2, 0.25) is 0 Å². The third kappa shape index (κ3) is 4.25. The van der Waals surface area contributed by atoms with Gasteiger partial charge in [0.15, 0.2) is 0 Å². The molecule has 0 aliphatic heterocycles. The van der Waals surface area contributed by atoms with Gasteiger partial charge in [-0.2, -0.15) is 0 Å². The maximum Gasteiger partial charge on any atom is 0.142 e. The van der Waals surface area contributed by atoms with Gasteiger partial charge in [-0.15, -0.1) is 0 Å². The van der Waals surface area contributed by atoms with Crippen LogP contribution in [-0.4, -0.2) is 6.54 Å². The number of halogens is 2. The Morgan fingerprint density at radius 3 is 2.67 bits per heavy atom. The second-order valence-corrected chi connectivity index (χ2v) is 5.28. The molecule has 1 aromatic rings. The van der Waals surface area contributed by atoms with E-state index in [-0.39, 0.29) is 16.9 Å². The summed E-state index contributed by atoms with van der Waals surface area (Å²) in [5.41, 5.74) is 0.880. The molecule has 0 spiro atoms. The lowest BCUT2D eigenvalue weighted by atomic mass is 9.94. The number of hydrogen-bond donors (Lipinski definition) is 1. The van der Waals surface area contributed by atoms with Crippen LogP contribution in [0.4, 0.5) is 4.39 Å². The molecule has 0 fully saturated rings. The van der Waals surface area contributed by atoms with Gasteiger partial charge in [0, 0.05) is 6.04 Å². The SMILES string of the molecule is CCCNC(CC(C)CC)c1cccc(F)c1Cl. The van der Waals surface area contributed by atoms with Crippen molar-refractivity contribution in [3.63, 3.8) is 0 Å². The lowest BCUT2D eigenvalue weighted by Crippen LogP contribution is -2.24. The second-order valence-electron chi connectivity index (χ2n) is 4.90. The molecule has 102 valence electrons. The van der Waals surface area contributed by atoms with E-state index < -0.39 is 0 Å². The van der Waals surface area contributed by atoms with Crippen LogP contribution in [0.2, 0.25) is 5.02 Å². The normalized spacial score (nSPS) is 14.5. The van der Waals surface area contributed by atoms with E-state index in [4.69, 9.17) is 11.6 Å². The Morgan fingerprint density at radius 1 is 1.33 bits per heavy atom. The Hall–Kier alpha value is -0.600. The number of benzene rings is 1. The molecule has 0 amide bonds. The van der Waals surface area contributed by atoms with Crippen molar-refractivity contribution < 1.29 is 4.39 Å². The Labute approximate surface area is 115 Å². The number of hydrogen-bond acceptors (Lipinski definition) is 1. The summed E-state index contributed by atoms with van der Waals surface area (Å²) >= 11 is 6.08. The molecule has 1 rings (SSSR count). The van der Waals surface area contributed by atoms with E-state index in [1.165, 1.54) is 6.07 Å². The molecular weight excluding hydrogens is 249 g/mol.